The Morgan fingerprint density at radius 3 is 2.62 bits per heavy atom. The topological polar surface area (TPSA) is 72.9 Å². The molecule has 7 heteroatoms. The van der Waals surface area contributed by atoms with Gasteiger partial charge in [0.05, 0.1) is 5.69 Å². The Morgan fingerprint density at radius 1 is 1.27 bits per heavy atom. The number of piperidine rings is 1. The molecular weight excluding hydrogens is 337 g/mol. The Morgan fingerprint density at radius 2 is 1.96 bits per heavy atom. The number of carbonyl (C=O) groups is 2. The lowest BCUT2D eigenvalue weighted by Gasteiger charge is -2.47. The van der Waals surface area contributed by atoms with Crippen molar-refractivity contribution in [1.82, 2.24) is 9.80 Å². The smallest absolute Gasteiger partial charge is 0.313 e. The summed E-state index contributed by atoms with van der Waals surface area (Å²) in [5.41, 5.74) is 0.842. The van der Waals surface area contributed by atoms with Gasteiger partial charge in [0.15, 0.2) is 0 Å². The van der Waals surface area contributed by atoms with Crippen LogP contribution in [0.1, 0.15) is 24.8 Å². The standard InChI is InChI=1S/C19H26FN3O3/c1-13-2-3-16(20)17(10-13)21-18(25)19(26)23-11-15(12-23)22-7-4-14(5-8-22)6-9-24/h2-3,10,14-15,24H,4-9,11-12H2,1H3,(H,21,25). The van der Waals surface area contributed by atoms with E-state index in [0.29, 0.717) is 19.0 Å². The van der Waals surface area contributed by atoms with Crippen LogP contribution in [0.5, 0.6) is 0 Å². The molecule has 6 nitrogen and oxygen atoms in total. The Balaban J connectivity index is 1.46. The molecule has 0 saturated carbocycles. The Hall–Kier alpha value is -1.99. The van der Waals surface area contributed by atoms with Crippen LogP contribution in [0.15, 0.2) is 18.2 Å². The van der Waals surface area contributed by atoms with Crippen molar-refractivity contribution in [2.75, 3.05) is 38.1 Å². The van der Waals surface area contributed by atoms with Crippen molar-refractivity contribution in [2.24, 2.45) is 5.92 Å². The first kappa shape index (κ1) is 18.8. The second-order valence-electron chi connectivity index (χ2n) is 7.29. The number of aliphatic hydroxyl groups is 1. The summed E-state index contributed by atoms with van der Waals surface area (Å²) in [7, 11) is 0. The molecule has 0 bridgehead atoms. The first-order chi connectivity index (χ1) is 12.5. The highest BCUT2D eigenvalue weighted by atomic mass is 19.1. The molecule has 0 spiro atoms. The zero-order chi connectivity index (χ0) is 18.7. The molecule has 2 saturated heterocycles. The zero-order valence-electron chi connectivity index (χ0n) is 15.1. The van der Waals surface area contributed by atoms with Crippen LogP contribution in [0.25, 0.3) is 0 Å². The third-order valence-electron chi connectivity index (χ3n) is 5.42. The van der Waals surface area contributed by atoms with Gasteiger partial charge in [-0.1, -0.05) is 6.07 Å². The zero-order valence-corrected chi connectivity index (χ0v) is 15.1. The van der Waals surface area contributed by atoms with Gasteiger partial charge in [-0.15, -0.1) is 0 Å². The number of anilines is 1. The van der Waals surface area contributed by atoms with Crippen LogP contribution in [0.3, 0.4) is 0 Å². The monoisotopic (exact) mass is 363 g/mol. The van der Waals surface area contributed by atoms with Crippen molar-refractivity contribution in [3.05, 3.63) is 29.6 Å². The average molecular weight is 363 g/mol. The van der Waals surface area contributed by atoms with E-state index in [-0.39, 0.29) is 18.3 Å². The normalized spacial score (nSPS) is 19.3. The number of aliphatic hydroxyl groups excluding tert-OH is 1. The lowest BCUT2D eigenvalue weighted by molar-refractivity contribution is -0.148. The van der Waals surface area contributed by atoms with E-state index in [0.717, 1.165) is 37.9 Å². The van der Waals surface area contributed by atoms with Crippen LogP contribution in [0.4, 0.5) is 10.1 Å². The predicted molar refractivity (Wildman–Crippen MR) is 96.1 cm³/mol. The molecule has 2 aliphatic rings. The second kappa shape index (κ2) is 8.14. The number of halogens is 1. The molecule has 0 aromatic heterocycles. The number of likely N-dealkylation sites (tertiary alicyclic amines) is 2. The molecule has 0 unspecified atom stereocenters. The van der Waals surface area contributed by atoms with E-state index in [1.807, 2.05) is 0 Å². The average Bonchev–Trinajstić information content (AvgIpc) is 2.58. The van der Waals surface area contributed by atoms with E-state index in [1.54, 1.807) is 13.0 Å². The lowest BCUT2D eigenvalue weighted by Crippen LogP contribution is -2.63. The molecule has 2 N–H and O–H groups in total. The lowest BCUT2D eigenvalue weighted by atomic mass is 9.92. The number of nitrogens with zero attached hydrogens (tertiary/aromatic N) is 2. The molecule has 1 aromatic carbocycles. The molecule has 0 aliphatic carbocycles. The van der Waals surface area contributed by atoms with E-state index in [9.17, 15) is 14.0 Å². The van der Waals surface area contributed by atoms with E-state index >= 15 is 0 Å². The summed E-state index contributed by atoms with van der Waals surface area (Å²) in [4.78, 5) is 28.2. The third kappa shape index (κ3) is 4.22. The van der Waals surface area contributed by atoms with Crippen molar-refractivity contribution in [1.29, 1.82) is 0 Å². The largest absolute Gasteiger partial charge is 0.396 e. The van der Waals surface area contributed by atoms with Gasteiger partial charge in [-0.3, -0.25) is 14.5 Å². The molecule has 2 heterocycles. The molecule has 26 heavy (non-hydrogen) atoms. The molecule has 2 aliphatic heterocycles. The van der Waals surface area contributed by atoms with Gasteiger partial charge in [0, 0.05) is 25.7 Å². The minimum Gasteiger partial charge on any atom is -0.396 e. The molecule has 1 aromatic rings. The van der Waals surface area contributed by atoms with Crippen LogP contribution in [-0.4, -0.2) is 65.5 Å². The van der Waals surface area contributed by atoms with Crippen LogP contribution in [-0.2, 0) is 9.59 Å². The summed E-state index contributed by atoms with van der Waals surface area (Å²) in [6.07, 6.45) is 3.00. The number of amides is 2. The summed E-state index contributed by atoms with van der Waals surface area (Å²) in [5, 5.41) is 11.4. The Kier molecular flexibility index (Phi) is 5.88. The van der Waals surface area contributed by atoms with Crippen molar-refractivity contribution in [3.8, 4) is 0 Å². The number of aryl methyl sites for hydroxylation is 1. The maximum absolute atomic E-state index is 13.7. The minimum atomic E-state index is -0.797. The van der Waals surface area contributed by atoms with E-state index < -0.39 is 17.6 Å². The van der Waals surface area contributed by atoms with Gasteiger partial charge in [-0.05, 0) is 62.9 Å². The van der Waals surface area contributed by atoms with Gasteiger partial charge in [0.2, 0.25) is 0 Å². The molecule has 3 rings (SSSR count). The Labute approximate surface area is 153 Å². The fraction of sp³-hybridized carbons (Fsp3) is 0.579. The minimum absolute atomic E-state index is 0.0337. The van der Waals surface area contributed by atoms with Gasteiger partial charge < -0.3 is 15.3 Å². The highest BCUT2D eigenvalue weighted by Gasteiger charge is 2.38. The van der Waals surface area contributed by atoms with Gasteiger partial charge in [-0.2, -0.15) is 0 Å². The number of benzene rings is 1. The predicted octanol–water partition coefficient (Wildman–Crippen LogP) is 1.38. The Bertz CT molecular complexity index is 668. The molecule has 0 atom stereocenters. The summed E-state index contributed by atoms with van der Waals surface area (Å²) in [5.74, 6) is -1.38. The fourth-order valence-corrected chi connectivity index (χ4v) is 3.70. The van der Waals surface area contributed by atoms with E-state index in [2.05, 4.69) is 10.2 Å². The van der Waals surface area contributed by atoms with Crippen molar-refractivity contribution >= 4 is 17.5 Å². The van der Waals surface area contributed by atoms with Crippen molar-refractivity contribution in [3.63, 3.8) is 0 Å². The highest BCUT2D eigenvalue weighted by molar-refractivity contribution is 6.39. The van der Waals surface area contributed by atoms with Gasteiger partial charge in [-0.25, -0.2) is 4.39 Å². The number of hydrogen-bond acceptors (Lipinski definition) is 4. The van der Waals surface area contributed by atoms with E-state index in [1.165, 1.54) is 17.0 Å². The van der Waals surface area contributed by atoms with Crippen LogP contribution < -0.4 is 5.32 Å². The van der Waals surface area contributed by atoms with Gasteiger partial charge >= 0.3 is 11.8 Å². The van der Waals surface area contributed by atoms with Gasteiger partial charge in [0.1, 0.15) is 5.82 Å². The molecule has 2 fully saturated rings. The molecule has 0 radical (unpaired) electrons. The fourth-order valence-electron chi connectivity index (χ4n) is 3.70. The maximum atomic E-state index is 13.7. The first-order valence-corrected chi connectivity index (χ1v) is 9.19. The number of rotatable bonds is 4. The third-order valence-corrected chi connectivity index (χ3v) is 5.42. The van der Waals surface area contributed by atoms with E-state index in [4.69, 9.17) is 5.11 Å². The van der Waals surface area contributed by atoms with Gasteiger partial charge in [0.25, 0.3) is 0 Å². The van der Waals surface area contributed by atoms with Crippen LogP contribution in [0, 0.1) is 18.7 Å². The number of nitrogens with one attached hydrogen (secondary N) is 1. The van der Waals surface area contributed by atoms with Crippen molar-refractivity contribution in [2.45, 2.75) is 32.2 Å². The summed E-state index contributed by atoms with van der Waals surface area (Å²) < 4.78 is 13.7. The second-order valence-corrected chi connectivity index (χ2v) is 7.29. The maximum Gasteiger partial charge on any atom is 0.313 e. The van der Waals surface area contributed by atoms with Crippen LogP contribution in [0.2, 0.25) is 0 Å². The molecule has 142 valence electrons. The quantitative estimate of drug-likeness (QED) is 0.793. The van der Waals surface area contributed by atoms with Crippen LogP contribution >= 0.6 is 0 Å². The first-order valence-electron chi connectivity index (χ1n) is 9.19. The number of carbonyl (C=O) groups excluding carboxylic acids is 2. The summed E-state index contributed by atoms with van der Waals surface area (Å²) in [6, 6.07) is 4.68. The van der Waals surface area contributed by atoms with Crippen molar-refractivity contribution < 1.29 is 19.1 Å². The summed E-state index contributed by atoms with van der Waals surface area (Å²) >= 11 is 0. The highest BCUT2D eigenvalue weighted by Crippen LogP contribution is 2.25. The molecular formula is C19H26FN3O3. The SMILES string of the molecule is Cc1ccc(F)c(NC(=O)C(=O)N2CC(N3CCC(CCO)CC3)C2)c1. The number of hydrogen-bond donors (Lipinski definition) is 2. The summed E-state index contributed by atoms with van der Waals surface area (Å²) in [6.45, 7) is 5.05. The molecule has 2 amide bonds.